The summed E-state index contributed by atoms with van der Waals surface area (Å²) in [5, 5.41) is 3.60. The van der Waals surface area contributed by atoms with Crippen LogP contribution in [0.5, 0.6) is 0 Å². The summed E-state index contributed by atoms with van der Waals surface area (Å²) < 4.78 is 5.33. The molecule has 2 amide bonds. The summed E-state index contributed by atoms with van der Waals surface area (Å²) in [5.41, 5.74) is 5.57. The molecule has 8 heteroatoms. The molecule has 2 atom stereocenters. The Morgan fingerprint density at radius 3 is 2.42 bits per heavy atom. The Bertz CT molecular complexity index is 1370. The van der Waals surface area contributed by atoms with Crippen LogP contribution in [0.3, 0.4) is 0 Å². The Morgan fingerprint density at radius 1 is 0.947 bits per heavy atom. The van der Waals surface area contributed by atoms with E-state index in [9.17, 15) is 9.59 Å². The predicted octanol–water partition coefficient (Wildman–Crippen LogP) is 4.82. The van der Waals surface area contributed by atoms with Gasteiger partial charge in [-0.05, 0) is 47.9 Å². The highest BCUT2D eigenvalue weighted by Gasteiger charge is 2.35. The zero-order chi connectivity index (χ0) is 26.2. The molecule has 6 rings (SSSR count). The van der Waals surface area contributed by atoms with E-state index in [4.69, 9.17) is 16.3 Å². The smallest absolute Gasteiger partial charge is 0.258 e. The molecule has 0 spiro atoms. The van der Waals surface area contributed by atoms with Crippen molar-refractivity contribution in [2.45, 2.75) is 12.5 Å². The lowest BCUT2D eigenvalue weighted by molar-refractivity contribution is -0.119. The summed E-state index contributed by atoms with van der Waals surface area (Å²) in [5.74, 6) is -0.0996. The average Bonchev–Trinajstić information content (AvgIpc) is 3.47. The number of anilines is 3. The van der Waals surface area contributed by atoms with Crippen LogP contribution in [0.4, 0.5) is 17.1 Å². The van der Waals surface area contributed by atoms with Gasteiger partial charge in [0, 0.05) is 56.8 Å². The molecule has 0 radical (unpaired) electrons. The molecule has 0 bridgehead atoms. The normalized spacial score (nSPS) is 21.6. The van der Waals surface area contributed by atoms with E-state index in [-0.39, 0.29) is 23.8 Å². The number of nitrogens with zero attached hydrogens (tertiary/aromatic N) is 3. The van der Waals surface area contributed by atoms with Crippen LogP contribution >= 0.6 is 11.6 Å². The molecule has 2 fully saturated rings. The maximum atomic E-state index is 13.3. The van der Waals surface area contributed by atoms with Crippen molar-refractivity contribution in [3.05, 3.63) is 88.4 Å². The van der Waals surface area contributed by atoms with Gasteiger partial charge in [0.25, 0.3) is 5.91 Å². The molecule has 0 aliphatic carbocycles. The van der Waals surface area contributed by atoms with Crippen LogP contribution in [0.1, 0.15) is 33.9 Å². The Kier molecular flexibility index (Phi) is 6.82. The minimum Gasteiger partial charge on any atom is -0.381 e. The van der Waals surface area contributed by atoms with Crippen molar-refractivity contribution in [3.63, 3.8) is 0 Å². The lowest BCUT2D eigenvalue weighted by Gasteiger charge is -2.41. The first-order valence-electron chi connectivity index (χ1n) is 13.1. The van der Waals surface area contributed by atoms with Crippen LogP contribution < -0.4 is 15.1 Å². The molecule has 196 valence electrons. The monoisotopic (exact) mass is 530 g/mol. The van der Waals surface area contributed by atoms with Gasteiger partial charge in [0.05, 0.1) is 29.3 Å². The number of fused-ring (bicyclic) bond motifs is 2. The number of benzene rings is 3. The van der Waals surface area contributed by atoms with E-state index < -0.39 is 0 Å². The number of carbonyl (C=O) groups excluding carboxylic acids is 2. The highest BCUT2D eigenvalue weighted by Crippen LogP contribution is 2.41. The third kappa shape index (κ3) is 4.55. The lowest BCUT2D eigenvalue weighted by Crippen LogP contribution is -2.48. The molecule has 0 aromatic heterocycles. The van der Waals surface area contributed by atoms with Crippen molar-refractivity contribution in [2.75, 3.05) is 61.6 Å². The third-order valence-electron chi connectivity index (χ3n) is 7.92. The van der Waals surface area contributed by atoms with Crippen LogP contribution in [0.2, 0.25) is 5.02 Å². The molecule has 38 heavy (non-hydrogen) atoms. The van der Waals surface area contributed by atoms with Crippen LogP contribution in [-0.4, -0.2) is 63.2 Å². The number of halogens is 1. The van der Waals surface area contributed by atoms with Gasteiger partial charge in [0.1, 0.15) is 0 Å². The second kappa shape index (κ2) is 10.4. The summed E-state index contributed by atoms with van der Waals surface area (Å²) in [6.45, 7) is 4.35. The molecule has 3 aliphatic heterocycles. The van der Waals surface area contributed by atoms with Gasteiger partial charge in [-0.2, -0.15) is 0 Å². The number of amides is 2. The van der Waals surface area contributed by atoms with Crippen molar-refractivity contribution in [1.29, 1.82) is 0 Å². The van der Waals surface area contributed by atoms with E-state index >= 15 is 0 Å². The van der Waals surface area contributed by atoms with E-state index in [0.717, 1.165) is 60.7 Å². The predicted molar refractivity (Wildman–Crippen MR) is 150 cm³/mol. The Balaban J connectivity index is 1.21. The van der Waals surface area contributed by atoms with Gasteiger partial charge in [-0.3, -0.25) is 14.5 Å². The van der Waals surface area contributed by atoms with E-state index in [2.05, 4.69) is 27.2 Å². The van der Waals surface area contributed by atoms with Gasteiger partial charge >= 0.3 is 0 Å². The SMILES string of the molecule is CN1C(=O)c2ccccc2C(N2CCN(c3ccc(NC(=O)C4CCOC4)cc3Cl)CC2)c2ccccc21. The topological polar surface area (TPSA) is 65.1 Å². The summed E-state index contributed by atoms with van der Waals surface area (Å²) in [6, 6.07) is 21.9. The first-order chi connectivity index (χ1) is 18.5. The van der Waals surface area contributed by atoms with Gasteiger partial charge in [0.2, 0.25) is 5.91 Å². The van der Waals surface area contributed by atoms with Crippen molar-refractivity contribution in [2.24, 2.45) is 5.92 Å². The second-order valence-corrected chi connectivity index (χ2v) is 10.6. The first kappa shape index (κ1) is 24.9. The van der Waals surface area contributed by atoms with E-state index in [1.165, 1.54) is 0 Å². The Morgan fingerprint density at radius 2 is 1.68 bits per heavy atom. The lowest BCUT2D eigenvalue weighted by atomic mass is 9.93. The van der Waals surface area contributed by atoms with E-state index in [1.807, 2.05) is 61.6 Å². The standard InChI is InChI=1S/C30H31ClN4O3/c1-33-26-9-5-4-8-24(26)28(22-6-2-3-7-23(22)30(33)37)35-15-13-34(14-16-35)27-11-10-21(18-25(27)31)32-29(36)20-12-17-38-19-20/h2-11,18,20,28H,12-17,19H2,1H3,(H,32,36). The fourth-order valence-electron chi connectivity index (χ4n) is 5.85. The summed E-state index contributed by atoms with van der Waals surface area (Å²) >= 11 is 6.70. The van der Waals surface area contributed by atoms with Crippen molar-refractivity contribution < 1.29 is 14.3 Å². The number of para-hydroxylation sites is 1. The molecule has 2 unspecified atom stereocenters. The molecule has 3 aromatic carbocycles. The molecule has 2 saturated heterocycles. The molecule has 1 N–H and O–H groups in total. The summed E-state index contributed by atoms with van der Waals surface area (Å²) in [7, 11) is 1.86. The third-order valence-corrected chi connectivity index (χ3v) is 8.22. The fourth-order valence-corrected chi connectivity index (χ4v) is 6.15. The number of rotatable bonds is 4. The minimum atomic E-state index is -0.101. The highest BCUT2D eigenvalue weighted by atomic mass is 35.5. The van der Waals surface area contributed by atoms with Crippen LogP contribution in [0.15, 0.2) is 66.7 Å². The number of hydrogen-bond acceptors (Lipinski definition) is 5. The van der Waals surface area contributed by atoms with E-state index in [0.29, 0.717) is 23.9 Å². The van der Waals surface area contributed by atoms with E-state index in [1.54, 1.807) is 4.90 Å². The fraction of sp³-hybridized carbons (Fsp3) is 0.333. The number of nitrogens with one attached hydrogen (secondary N) is 1. The van der Waals surface area contributed by atoms with Crippen molar-refractivity contribution in [3.8, 4) is 0 Å². The molecule has 0 saturated carbocycles. The summed E-state index contributed by atoms with van der Waals surface area (Å²) in [6.07, 6.45) is 0.752. The second-order valence-electron chi connectivity index (χ2n) is 10.2. The van der Waals surface area contributed by atoms with Crippen LogP contribution in [0, 0.1) is 5.92 Å². The van der Waals surface area contributed by atoms with Gasteiger partial charge in [0.15, 0.2) is 0 Å². The molecule has 3 aromatic rings. The number of ether oxygens (including phenoxy) is 1. The first-order valence-corrected chi connectivity index (χ1v) is 13.5. The molecule has 7 nitrogen and oxygen atoms in total. The van der Waals surface area contributed by atoms with Gasteiger partial charge in [-0.15, -0.1) is 0 Å². The highest BCUT2D eigenvalue weighted by molar-refractivity contribution is 6.33. The van der Waals surface area contributed by atoms with Crippen molar-refractivity contribution in [1.82, 2.24) is 4.90 Å². The molecule has 3 aliphatic rings. The van der Waals surface area contributed by atoms with Gasteiger partial charge in [-0.1, -0.05) is 48.0 Å². The maximum absolute atomic E-state index is 13.3. The quantitative estimate of drug-likeness (QED) is 0.524. The summed E-state index contributed by atoms with van der Waals surface area (Å²) in [4.78, 5) is 32.3. The molecular weight excluding hydrogens is 500 g/mol. The Hall–Kier alpha value is -3.39. The Labute approximate surface area is 227 Å². The molecular formula is C30H31ClN4O3. The van der Waals surface area contributed by atoms with Gasteiger partial charge in [-0.25, -0.2) is 0 Å². The van der Waals surface area contributed by atoms with Gasteiger partial charge < -0.3 is 19.9 Å². The maximum Gasteiger partial charge on any atom is 0.258 e. The van der Waals surface area contributed by atoms with Crippen molar-refractivity contribution >= 4 is 40.5 Å². The zero-order valence-corrected chi connectivity index (χ0v) is 22.2. The average molecular weight is 531 g/mol. The minimum absolute atomic E-state index is 0.00826. The number of hydrogen-bond donors (Lipinski definition) is 1. The largest absolute Gasteiger partial charge is 0.381 e. The number of carbonyl (C=O) groups is 2. The van der Waals surface area contributed by atoms with Crippen LogP contribution in [0.25, 0.3) is 0 Å². The number of piperazine rings is 1. The zero-order valence-electron chi connectivity index (χ0n) is 21.4. The van der Waals surface area contributed by atoms with Crippen LogP contribution in [-0.2, 0) is 9.53 Å². The molecule has 3 heterocycles.